The molecular weight excluding hydrogens is 1010 g/mol. The summed E-state index contributed by atoms with van der Waals surface area (Å²) in [7, 11) is 0. The molecule has 0 saturated carbocycles. The second-order valence-corrected chi connectivity index (χ2v) is 23.0. The Balaban J connectivity index is 4.30. The van der Waals surface area contributed by atoms with Crippen LogP contribution >= 0.6 is 0 Å². The number of carbonyl (C=O) groups is 3. The van der Waals surface area contributed by atoms with Gasteiger partial charge >= 0.3 is 17.9 Å². The minimum Gasteiger partial charge on any atom is -0.462 e. The van der Waals surface area contributed by atoms with Crippen molar-refractivity contribution in [2.24, 2.45) is 0 Å². The topological polar surface area (TPSA) is 78.9 Å². The van der Waals surface area contributed by atoms with Gasteiger partial charge in [0.05, 0.1) is 0 Å². The van der Waals surface area contributed by atoms with Crippen LogP contribution in [0.1, 0.15) is 335 Å². The van der Waals surface area contributed by atoms with Crippen LogP contribution in [-0.2, 0) is 28.6 Å². The number of allylic oxidation sites excluding steroid dienone is 18. The van der Waals surface area contributed by atoms with Crippen LogP contribution in [0.4, 0.5) is 0 Å². The van der Waals surface area contributed by atoms with Crippen LogP contribution in [0.25, 0.3) is 0 Å². The molecule has 0 aromatic heterocycles. The highest BCUT2D eigenvalue weighted by molar-refractivity contribution is 5.71. The molecule has 0 bridgehead atoms. The normalized spacial score (nSPS) is 12.8. The lowest BCUT2D eigenvalue weighted by Gasteiger charge is -2.18. The van der Waals surface area contributed by atoms with E-state index in [9.17, 15) is 14.4 Å². The third-order valence-electron chi connectivity index (χ3n) is 15.0. The number of rotatable bonds is 63. The van der Waals surface area contributed by atoms with E-state index < -0.39 is 6.10 Å². The highest BCUT2D eigenvalue weighted by Crippen LogP contribution is 2.17. The second kappa shape index (κ2) is 69.6. The molecule has 470 valence electrons. The van der Waals surface area contributed by atoms with Gasteiger partial charge in [0, 0.05) is 19.3 Å². The SMILES string of the molecule is CC/C=C\C/C=C\C/C=C\C/C=C\CCCCCCCCCCCCCCCCCCC(=O)OCC(COC(=O)CCCCCCCCC/C=C\C/C=C\C/C=C\CC)OC(=O)CCCCCCCCC/C=C\C/C=C\CCCCCC. The number of ether oxygens (including phenoxy) is 3. The molecule has 6 nitrogen and oxygen atoms in total. The molecular formula is C76H130O6. The zero-order valence-electron chi connectivity index (χ0n) is 54.0. The summed E-state index contributed by atoms with van der Waals surface area (Å²) < 4.78 is 17.0. The van der Waals surface area contributed by atoms with E-state index in [-0.39, 0.29) is 31.1 Å². The van der Waals surface area contributed by atoms with Gasteiger partial charge in [0.15, 0.2) is 6.10 Å². The molecule has 1 unspecified atom stereocenters. The summed E-state index contributed by atoms with van der Waals surface area (Å²) in [6.07, 6.45) is 95.4. The van der Waals surface area contributed by atoms with Crippen LogP contribution in [-0.4, -0.2) is 37.2 Å². The Morgan fingerprint density at radius 2 is 0.476 bits per heavy atom. The molecule has 0 aliphatic carbocycles. The first-order valence-corrected chi connectivity index (χ1v) is 34.9. The lowest BCUT2D eigenvalue weighted by atomic mass is 10.0. The lowest BCUT2D eigenvalue weighted by molar-refractivity contribution is -0.167. The molecule has 6 heteroatoms. The molecule has 0 saturated heterocycles. The predicted octanol–water partition coefficient (Wildman–Crippen LogP) is 24.2. The first-order chi connectivity index (χ1) is 40.5. The van der Waals surface area contributed by atoms with Crippen molar-refractivity contribution in [3.05, 3.63) is 109 Å². The van der Waals surface area contributed by atoms with Crippen LogP contribution < -0.4 is 0 Å². The second-order valence-electron chi connectivity index (χ2n) is 23.0. The predicted molar refractivity (Wildman–Crippen MR) is 357 cm³/mol. The Morgan fingerprint density at radius 3 is 0.744 bits per heavy atom. The van der Waals surface area contributed by atoms with Gasteiger partial charge in [0.2, 0.25) is 0 Å². The fourth-order valence-corrected chi connectivity index (χ4v) is 9.83. The van der Waals surface area contributed by atoms with Gasteiger partial charge in [-0.1, -0.05) is 304 Å². The van der Waals surface area contributed by atoms with Crippen molar-refractivity contribution in [1.29, 1.82) is 0 Å². The van der Waals surface area contributed by atoms with Crippen LogP contribution in [0.2, 0.25) is 0 Å². The summed E-state index contributed by atoms with van der Waals surface area (Å²) in [6.45, 7) is 6.42. The van der Waals surface area contributed by atoms with Crippen LogP contribution in [0.5, 0.6) is 0 Å². The maximum absolute atomic E-state index is 12.9. The fourth-order valence-electron chi connectivity index (χ4n) is 9.83. The Morgan fingerprint density at radius 1 is 0.256 bits per heavy atom. The van der Waals surface area contributed by atoms with E-state index in [1.807, 2.05) is 0 Å². The highest BCUT2D eigenvalue weighted by atomic mass is 16.6. The largest absolute Gasteiger partial charge is 0.462 e. The first-order valence-electron chi connectivity index (χ1n) is 34.9. The number of hydrogen-bond donors (Lipinski definition) is 0. The molecule has 0 rings (SSSR count). The Kier molecular flexibility index (Phi) is 66.2. The van der Waals surface area contributed by atoms with Gasteiger partial charge in [0.1, 0.15) is 13.2 Å². The van der Waals surface area contributed by atoms with E-state index in [0.717, 1.165) is 122 Å². The van der Waals surface area contributed by atoms with Gasteiger partial charge in [-0.3, -0.25) is 14.4 Å². The molecule has 0 spiro atoms. The highest BCUT2D eigenvalue weighted by Gasteiger charge is 2.19. The number of unbranched alkanes of at least 4 members (excludes halogenated alkanes) is 34. The van der Waals surface area contributed by atoms with E-state index in [4.69, 9.17) is 14.2 Å². The van der Waals surface area contributed by atoms with Crippen molar-refractivity contribution >= 4 is 17.9 Å². The van der Waals surface area contributed by atoms with Crippen LogP contribution in [0.15, 0.2) is 109 Å². The van der Waals surface area contributed by atoms with E-state index in [1.165, 1.54) is 173 Å². The summed E-state index contributed by atoms with van der Waals surface area (Å²) in [4.78, 5) is 38.5. The minimum absolute atomic E-state index is 0.0829. The Hall–Kier alpha value is -3.93. The molecule has 0 N–H and O–H groups in total. The molecule has 0 aliphatic heterocycles. The monoisotopic (exact) mass is 1140 g/mol. The summed E-state index contributed by atoms with van der Waals surface area (Å²) in [5.41, 5.74) is 0. The summed E-state index contributed by atoms with van der Waals surface area (Å²) in [6, 6.07) is 0. The number of carbonyl (C=O) groups excluding carboxylic acids is 3. The third-order valence-corrected chi connectivity index (χ3v) is 15.0. The third kappa shape index (κ3) is 66.9. The zero-order chi connectivity index (χ0) is 59.2. The molecule has 0 amide bonds. The smallest absolute Gasteiger partial charge is 0.306 e. The summed E-state index contributed by atoms with van der Waals surface area (Å²) in [5.74, 6) is -0.887. The van der Waals surface area contributed by atoms with E-state index in [1.54, 1.807) is 0 Å². The van der Waals surface area contributed by atoms with Gasteiger partial charge in [-0.2, -0.15) is 0 Å². The van der Waals surface area contributed by atoms with Gasteiger partial charge in [-0.25, -0.2) is 0 Å². The standard InChI is InChI=1S/C76H130O6/c1-4-7-10-13-16-19-22-25-28-31-33-34-35-36-37-38-39-40-41-42-43-46-48-51-54-57-60-63-66-69-75(78)81-72-73(71-80-74(77)68-65-62-59-56-53-50-47-44-30-27-24-21-18-15-12-9-6-3)82-76(79)70-67-64-61-58-55-52-49-45-32-29-26-23-20-17-14-11-8-5-2/h7,9-10,12,16,18-21,23,25,27-30,32-34,73H,4-6,8,11,13-15,17,22,24,26,31,35-72H2,1-3H3/b10-7-,12-9-,19-16-,21-18-,23-20-,28-25-,30-27-,32-29-,34-33-. The van der Waals surface area contributed by atoms with Gasteiger partial charge in [0.25, 0.3) is 0 Å². The summed E-state index contributed by atoms with van der Waals surface area (Å²) in [5, 5.41) is 0. The summed E-state index contributed by atoms with van der Waals surface area (Å²) >= 11 is 0. The van der Waals surface area contributed by atoms with Gasteiger partial charge < -0.3 is 14.2 Å². The van der Waals surface area contributed by atoms with E-state index >= 15 is 0 Å². The van der Waals surface area contributed by atoms with Crippen molar-refractivity contribution in [3.8, 4) is 0 Å². The van der Waals surface area contributed by atoms with Gasteiger partial charge in [-0.15, -0.1) is 0 Å². The fraction of sp³-hybridized carbons (Fsp3) is 0.724. The molecule has 0 fully saturated rings. The Labute approximate surface area is 508 Å². The molecule has 1 atom stereocenters. The van der Waals surface area contributed by atoms with Crippen molar-refractivity contribution < 1.29 is 28.6 Å². The molecule has 0 aromatic rings. The number of esters is 3. The zero-order valence-corrected chi connectivity index (χ0v) is 54.0. The van der Waals surface area contributed by atoms with Crippen molar-refractivity contribution in [2.75, 3.05) is 13.2 Å². The van der Waals surface area contributed by atoms with Gasteiger partial charge in [-0.05, 0) is 122 Å². The lowest BCUT2D eigenvalue weighted by Crippen LogP contribution is -2.30. The van der Waals surface area contributed by atoms with Crippen molar-refractivity contribution in [3.63, 3.8) is 0 Å². The van der Waals surface area contributed by atoms with E-state index in [0.29, 0.717) is 19.3 Å². The molecule has 82 heavy (non-hydrogen) atoms. The molecule has 0 aliphatic rings. The molecule has 0 heterocycles. The molecule has 0 aromatic carbocycles. The average molecular weight is 1140 g/mol. The maximum Gasteiger partial charge on any atom is 0.306 e. The molecule has 0 radical (unpaired) electrons. The quantitative estimate of drug-likeness (QED) is 0.0261. The average Bonchev–Trinajstić information content (AvgIpc) is 3.47. The van der Waals surface area contributed by atoms with Crippen molar-refractivity contribution in [1.82, 2.24) is 0 Å². The van der Waals surface area contributed by atoms with Crippen LogP contribution in [0, 0.1) is 0 Å². The Bertz CT molecular complexity index is 1640. The number of hydrogen-bond acceptors (Lipinski definition) is 6. The maximum atomic E-state index is 12.9. The first kappa shape index (κ1) is 78.1. The minimum atomic E-state index is -0.789. The van der Waals surface area contributed by atoms with Crippen LogP contribution in [0.3, 0.4) is 0 Å². The van der Waals surface area contributed by atoms with Crippen molar-refractivity contribution in [2.45, 2.75) is 341 Å². The van der Waals surface area contributed by atoms with E-state index in [2.05, 4.69) is 130 Å².